The van der Waals surface area contributed by atoms with Gasteiger partial charge >= 0.3 is 0 Å². The molecule has 0 radical (unpaired) electrons. The molecular formula is C20H19N3O2S. The number of benzene rings is 2. The number of hydrogen-bond acceptors (Lipinski definition) is 6. The molecule has 3 rings (SSSR count). The van der Waals surface area contributed by atoms with Crippen LogP contribution in [0.3, 0.4) is 0 Å². The van der Waals surface area contributed by atoms with Gasteiger partial charge in [0.25, 0.3) is 5.22 Å². The molecule has 0 saturated carbocycles. The minimum Gasteiger partial charge on any atom is -0.494 e. The summed E-state index contributed by atoms with van der Waals surface area (Å²) < 4.78 is 11.1. The molecule has 0 spiro atoms. The van der Waals surface area contributed by atoms with Crippen molar-refractivity contribution in [1.29, 1.82) is 5.26 Å². The van der Waals surface area contributed by atoms with Crippen molar-refractivity contribution in [3.8, 4) is 23.3 Å². The van der Waals surface area contributed by atoms with Crippen LogP contribution >= 0.6 is 11.8 Å². The van der Waals surface area contributed by atoms with Gasteiger partial charge in [-0.15, -0.1) is 10.2 Å². The molecular weight excluding hydrogens is 346 g/mol. The minimum absolute atomic E-state index is 0.286. The molecule has 1 atom stereocenters. The number of ether oxygens (including phenoxy) is 1. The highest BCUT2D eigenvalue weighted by atomic mass is 32.2. The monoisotopic (exact) mass is 365 g/mol. The van der Waals surface area contributed by atoms with Gasteiger partial charge in [0, 0.05) is 5.56 Å². The first kappa shape index (κ1) is 18.0. The van der Waals surface area contributed by atoms with E-state index in [0.29, 0.717) is 24.1 Å². The van der Waals surface area contributed by atoms with Gasteiger partial charge < -0.3 is 9.15 Å². The van der Waals surface area contributed by atoms with Crippen molar-refractivity contribution in [2.24, 2.45) is 0 Å². The Hall–Kier alpha value is -2.78. The largest absolute Gasteiger partial charge is 0.494 e. The zero-order chi connectivity index (χ0) is 18.4. The Balaban J connectivity index is 1.66. The van der Waals surface area contributed by atoms with E-state index in [-0.39, 0.29) is 5.25 Å². The summed E-state index contributed by atoms with van der Waals surface area (Å²) in [4.78, 5) is 0. The lowest BCUT2D eigenvalue weighted by Crippen LogP contribution is -2.03. The zero-order valence-electron chi connectivity index (χ0n) is 14.7. The predicted octanol–water partition coefficient (Wildman–Crippen LogP) is 4.67. The highest BCUT2D eigenvalue weighted by molar-refractivity contribution is 7.99. The standard InChI is InChI=1S/C20H19N3O2S/c1-3-24-17-10-8-16(9-11-17)19-22-23-20(25-19)26-18(13-21)12-15-6-4-14(2)5-7-15/h4-11,18H,3,12H2,1-2H3/t18-/m0/s1. The highest BCUT2D eigenvalue weighted by Gasteiger charge is 2.16. The average molecular weight is 365 g/mol. The van der Waals surface area contributed by atoms with Crippen LogP contribution in [0.1, 0.15) is 18.1 Å². The third-order valence-electron chi connectivity index (χ3n) is 3.75. The topological polar surface area (TPSA) is 71.9 Å². The van der Waals surface area contributed by atoms with Crippen LogP contribution < -0.4 is 4.74 Å². The summed E-state index contributed by atoms with van der Waals surface area (Å²) in [7, 11) is 0. The summed E-state index contributed by atoms with van der Waals surface area (Å²) in [5, 5.41) is 17.7. The Bertz CT molecular complexity index is 883. The Morgan fingerprint density at radius 2 is 1.85 bits per heavy atom. The average Bonchev–Trinajstić information content (AvgIpc) is 3.12. The Kier molecular flexibility index (Phi) is 5.92. The number of nitrogens with zero attached hydrogens (tertiary/aromatic N) is 3. The first-order chi connectivity index (χ1) is 12.7. The third-order valence-corrected chi connectivity index (χ3v) is 4.67. The van der Waals surface area contributed by atoms with Crippen LogP contribution in [0, 0.1) is 18.3 Å². The van der Waals surface area contributed by atoms with Crippen LogP contribution in [0.25, 0.3) is 11.5 Å². The summed E-state index contributed by atoms with van der Waals surface area (Å²) in [6.07, 6.45) is 0.627. The minimum atomic E-state index is -0.286. The van der Waals surface area contributed by atoms with Crippen LogP contribution in [0.2, 0.25) is 0 Å². The number of nitriles is 1. The van der Waals surface area contributed by atoms with E-state index in [1.165, 1.54) is 17.3 Å². The van der Waals surface area contributed by atoms with Gasteiger partial charge in [0.15, 0.2) is 0 Å². The summed E-state index contributed by atoms with van der Waals surface area (Å²) in [5.41, 5.74) is 3.13. The fourth-order valence-corrected chi connectivity index (χ4v) is 3.19. The first-order valence-electron chi connectivity index (χ1n) is 8.36. The summed E-state index contributed by atoms with van der Waals surface area (Å²) >= 11 is 1.29. The second-order valence-electron chi connectivity index (χ2n) is 5.76. The molecule has 26 heavy (non-hydrogen) atoms. The van der Waals surface area contributed by atoms with E-state index in [1.807, 2.05) is 62.4 Å². The molecule has 2 aromatic carbocycles. The molecule has 1 heterocycles. The quantitative estimate of drug-likeness (QED) is 0.567. The lowest BCUT2D eigenvalue weighted by molar-refractivity contribution is 0.340. The second-order valence-corrected chi connectivity index (χ2v) is 6.91. The molecule has 0 unspecified atom stereocenters. The zero-order valence-corrected chi connectivity index (χ0v) is 15.5. The van der Waals surface area contributed by atoms with Gasteiger partial charge in [0.2, 0.25) is 5.89 Å². The number of rotatable bonds is 7. The van der Waals surface area contributed by atoms with Gasteiger partial charge in [-0.3, -0.25) is 0 Å². The van der Waals surface area contributed by atoms with Crippen molar-refractivity contribution in [2.45, 2.75) is 30.7 Å². The van der Waals surface area contributed by atoms with Crippen molar-refractivity contribution in [3.05, 3.63) is 59.7 Å². The van der Waals surface area contributed by atoms with Gasteiger partial charge in [-0.2, -0.15) is 5.26 Å². The number of aryl methyl sites for hydroxylation is 1. The van der Waals surface area contributed by atoms with Gasteiger partial charge in [-0.1, -0.05) is 29.8 Å². The first-order valence-corrected chi connectivity index (χ1v) is 9.24. The Morgan fingerprint density at radius 3 is 2.50 bits per heavy atom. The third kappa shape index (κ3) is 4.64. The summed E-state index contributed by atoms with van der Waals surface area (Å²) in [6, 6.07) is 18.0. The highest BCUT2D eigenvalue weighted by Crippen LogP contribution is 2.28. The van der Waals surface area contributed by atoms with Gasteiger partial charge in [-0.05, 0) is 61.9 Å². The van der Waals surface area contributed by atoms with Gasteiger partial charge in [-0.25, -0.2) is 0 Å². The molecule has 3 aromatic rings. The van der Waals surface area contributed by atoms with Crippen molar-refractivity contribution >= 4 is 11.8 Å². The molecule has 0 bridgehead atoms. The van der Waals surface area contributed by atoms with E-state index < -0.39 is 0 Å². The molecule has 0 aliphatic rings. The smallest absolute Gasteiger partial charge is 0.278 e. The molecule has 0 N–H and O–H groups in total. The van der Waals surface area contributed by atoms with Crippen LogP contribution in [0.5, 0.6) is 5.75 Å². The maximum absolute atomic E-state index is 9.43. The summed E-state index contributed by atoms with van der Waals surface area (Å²) in [5.74, 6) is 1.23. The van der Waals surface area contributed by atoms with Gasteiger partial charge in [0.1, 0.15) is 11.0 Å². The second kappa shape index (κ2) is 8.54. The number of hydrogen-bond donors (Lipinski definition) is 0. The van der Waals surface area contributed by atoms with E-state index >= 15 is 0 Å². The van der Waals surface area contributed by atoms with Crippen molar-refractivity contribution < 1.29 is 9.15 Å². The van der Waals surface area contributed by atoms with E-state index in [9.17, 15) is 5.26 Å². The summed E-state index contributed by atoms with van der Waals surface area (Å²) in [6.45, 7) is 4.61. The maximum Gasteiger partial charge on any atom is 0.278 e. The van der Waals surface area contributed by atoms with E-state index in [0.717, 1.165) is 16.9 Å². The number of aromatic nitrogens is 2. The number of thioether (sulfide) groups is 1. The molecule has 0 aliphatic heterocycles. The molecule has 6 heteroatoms. The Labute approximate surface area is 157 Å². The van der Waals surface area contributed by atoms with Gasteiger partial charge in [0.05, 0.1) is 12.7 Å². The van der Waals surface area contributed by atoms with Crippen LogP contribution in [-0.2, 0) is 6.42 Å². The maximum atomic E-state index is 9.43. The fourth-order valence-electron chi connectivity index (χ4n) is 2.41. The SMILES string of the molecule is CCOc1ccc(-c2nnc(S[C@H](C#N)Cc3ccc(C)cc3)o2)cc1. The van der Waals surface area contributed by atoms with E-state index in [4.69, 9.17) is 9.15 Å². The molecule has 1 aromatic heterocycles. The lowest BCUT2D eigenvalue weighted by atomic mass is 10.1. The van der Waals surface area contributed by atoms with Crippen molar-refractivity contribution in [1.82, 2.24) is 10.2 Å². The Morgan fingerprint density at radius 1 is 1.12 bits per heavy atom. The van der Waals surface area contributed by atoms with E-state index in [1.54, 1.807) is 0 Å². The lowest BCUT2D eigenvalue weighted by Gasteiger charge is -2.06. The van der Waals surface area contributed by atoms with Crippen LogP contribution in [-0.4, -0.2) is 22.1 Å². The molecule has 0 aliphatic carbocycles. The van der Waals surface area contributed by atoms with Crippen LogP contribution in [0.15, 0.2) is 58.2 Å². The molecule has 5 nitrogen and oxygen atoms in total. The van der Waals surface area contributed by atoms with Crippen LogP contribution in [0.4, 0.5) is 0 Å². The predicted molar refractivity (Wildman–Crippen MR) is 101 cm³/mol. The normalized spacial score (nSPS) is 11.7. The molecule has 0 saturated heterocycles. The molecule has 0 fully saturated rings. The van der Waals surface area contributed by atoms with Crippen molar-refractivity contribution in [2.75, 3.05) is 6.61 Å². The van der Waals surface area contributed by atoms with E-state index in [2.05, 4.69) is 16.3 Å². The van der Waals surface area contributed by atoms with Crippen molar-refractivity contribution in [3.63, 3.8) is 0 Å². The molecule has 0 amide bonds. The molecule has 132 valence electrons. The fraction of sp³-hybridized carbons (Fsp3) is 0.250.